The van der Waals surface area contributed by atoms with Gasteiger partial charge in [0.15, 0.2) is 0 Å². The van der Waals surface area contributed by atoms with Crippen molar-refractivity contribution in [3.63, 3.8) is 0 Å². The second kappa shape index (κ2) is 5.78. The molecule has 1 aromatic rings. The van der Waals surface area contributed by atoms with E-state index in [-0.39, 0.29) is 0 Å². The number of nitrogens with one attached hydrogen (secondary N) is 2. The molecule has 0 heterocycles. The zero-order valence-corrected chi connectivity index (χ0v) is 9.21. The van der Waals surface area contributed by atoms with Crippen LogP contribution in [-0.2, 0) is 0 Å². The Morgan fingerprint density at radius 1 is 1.23 bits per heavy atom. The molecule has 0 radical (unpaired) electrons. The van der Waals surface area contributed by atoms with Gasteiger partial charge in [0.05, 0.1) is 11.6 Å². The van der Waals surface area contributed by atoms with Gasteiger partial charge in [-0.1, -0.05) is 0 Å². The smallest absolute Gasteiger partial charge is 0.0991 e. The third-order valence-corrected chi connectivity index (χ3v) is 2.10. The first-order valence-electron chi connectivity index (χ1n) is 3.94. The summed E-state index contributed by atoms with van der Waals surface area (Å²) in [6.07, 6.45) is 0. The van der Waals surface area contributed by atoms with Crippen LogP contribution in [0.5, 0.6) is 0 Å². The summed E-state index contributed by atoms with van der Waals surface area (Å²) in [5.41, 5.74) is 1.74. The maximum Gasteiger partial charge on any atom is 0.0991 e. The van der Waals surface area contributed by atoms with Gasteiger partial charge in [0.25, 0.3) is 0 Å². The molecular formula is C9H10IN3. The zero-order valence-electron chi connectivity index (χ0n) is 7.05. The van der Waals surface area contributed by atoms with Crippen molar-refractivity contribution in [2.75, 3.05) is 18.4 Å². The van der Waals surface area contributed by atoms with Gasteiger partial charge in [-0.25, -0.2) is 0 Å². The molecule has 0 aliphatic heterocycles. The minimum absolute atomic E-state index is 0.692. The molecule has 3 nitrogen and oxygen atoms in total. The molecule has 0 saturated carbocycles. The van der Waals surface area contributed by atoms with E-state index in [1.54, 1.807) is 12.1 Å². The fourth-order valence-corrected chi connectivity index (χ4v) is 1.19. The van der Waals surface area contributed by atoms with Crippen LogP contribution in [0.15, 0.2) is 24.3 Å². The summed E-state index contributed by atoms with van der Waals surface area (Å²) in [5, 5.41) is 11.8. The van der Waals surface area contributed by atoms with Gasteiger partial charge in [0, 0.05) is 41.6 Å². The van der Waals surface area contributed by atoms with Gasteiger partial charge < -0.3 is 5.32 Å². The standard InChI is InChI=1S/C9H10IN3/c10-13-6-5-12-9-3-1-8(7-11)2-4-9/h1-4,12-13H,5-6H2. The van der Waals surface area contributed by atoms with Crippen molar-refractivity contribution in [2.45, 2.75) is 0 Å². The summed E-state index contributed by atoms with van der Waals surface area (Å²) in [4.78, 5) is 0. The molecule has 0 spiro atoms. The van der Waals surface area contributed by atoms with E-state index in [0.717, 1.165) is 18.8 Å². The van der Waals surface area contributed by atoms with Crippen molar-refractivity contribution in [3.8, 4) is 6.07 Å². The maximum atomic E-state index is 8.56. The highest BCUT2D eigenvalue weighted by molar-refractivity contribution is 14.1. The average molecular weight is 287 g/mol. The van der Waals surface area contributed by atoms with Crippen LogP contribution in [0.3, 0.4) is 0 Å². The highest BCUT2D eigenvalue weighted by atomic mass is 127. The Labute approximate surface area is 91.6 Å². The van der Waals surface area contributed by atoms with Crippen LogP contribution in [0.2, 0.25) is 0 Å². The molecule has 4 heteroatoms. The summed E-state index contributed by atoms with van der Waals surface area (Å²) in [7, 11) is 0. The summed E-state index contributed by atoms with van der Waals surface area (Å²) in [5.74, 6) is 0. The Morgan fingerprint density at radius 2 is 1.92 bits per heavy atom. The molecule has 2 N–H and O–H groups in total. The Bertz CT molecular complexity index is 289. The Hall–Kier alpha value is -0.800. The lowest BCUT2D eigenvalue weighted by molar-refractivity contribution is 0.983. The van der Waals surface area contributed by atoms with E-state index in [4.69, 9.17) is 5.26 Å². The predicted molar refractivity (Wildman–Crippen MR) is 61.7 cm³/mol. The molecule has 0 unspecified atom stereocenters. The maximum absolute atomic E-state index is 8.56. The molecule has 0 aromatic heterocycles. The highest BCUT2D eigenvalue weighted by Gasteiger charge is 1.91. The van der Waals surface area contributed by atoms with E-state index in [1.807, 2.05) is 12.1 Å². The fourth-order valence-electron chi connectivity index (χ4n) is 0.917. The number of nitriles is 1. The van der Waals surface area contributed by atoms with E-state index in [0.29, 0.717) is 5.56 Å². The number of rotatable bonds is 4. The van der Waals surface area contributed by atoms with Gasteiger partial charge in [0.1, 0.15) is 0 Å². The van der Waals surface area contributed by atoms with E-state index in [1.165, 1.54) is 0 Å². The van der Waals surface area contributed by atoms with Crippen LogP contribution in [0, 0.1) is 11.3 Å². The van der Waals surface area contributed by atoms with Gasteiger partial charge >= 0.3 is 0 Å². The van der Waals surface area contributed by atoms with Crippen LogP contribution < -0.4 is 8.85 Å². The SMILES string of the molecule is N#Cc1ccc(NCCNI)cc1. The van der Waals surface area contributed by atoms with Crippen molar-refractivity contribution >= 4 is 28.6 Å². The van der Waals surface area contributed by atoms with Crippen LogP contribution >= 0.6 is 22.9 Å². The van der Waals surface area contributed by atoms with E-state index in [2.05, 4.69) is 37.8 Å². The summed E-state index contributed by atoms with van der Waals surface area (Å²) in [6, 6.07) is 9.51. The summed E-state index contributed by atoms with van der Waals surface area (Å²) in [6.45, 7) is 1.80. The monoisotopic (exact) mass is 287 g/mol. The third kappa shape index (κ3) is 3.61. The summed E-state index contributed by atoms with van der Waals surface area (Å²) >= 11 is 2.11. The first kappa shape index (κ1) is 10.3. The molecule has 0 saturated heterocycles. The number of nitrogens with zero attached hydrogens (tertiary/aromatic N) is 1. The first-order chi connectivity index (χ1) is 6.36. The molecule has 0 aliphatic carbocycles. The Balaban J connectivity index is 2.46. The highest BCUT2D eigenvalue weighted by Crippen LogP contribution is 2.07. The molecule has 13 heavy (non-hydrogen) atoms. The largest absolute Gasteiger partial charge is 0.384 e. The minimum atomic E-state index is 0.692. The molecule has 1 rings (SSSR count). The fraction of sp³-hybridized carbons (Fsp3) is 0.222. The Morgan fingerprint density at radius 3 is 2.46 bits per heavy atom. The molecule has 68 valence electrons. The lowest BCUT2D eigenvalue weighted by Crippen LogP contribution is -2.13. The molecule has 0 bridgehead atoms. The zero-order chi connectivity index (χ0) is 9.52. The molecule has 0 amide bonds. The number of hydrogen-bond donors (Lipinski definition) is 2. The molecular weight excluding hydrogens is 277 g/mol. The van der Waals surface area contributed by atoms with E-state index in [9.17, 15) is 0 Å². The molecule has 0 atom stereocenters. The average Bonchev–Trinajstić information content (AvgIpc) is 2.19. The van der Waals surface area contributed by atoms with Crippen LogP contribution in [0.1, 0.15) is 5.56 Å². The second-order valence-electron chi connectivity index (χ2n) is 2.50. The van der Waals surface area contributed by atoms with Gasteiger partial charge in [0.2, 0.25) is 0 Å². The third-order valence-electron chi connectivity index (χ3n) is 1.56. The predicted octanol–water partition coefficient (Wildman–Crippen LogP) is 1.91. The lowest BCUT2D eigenvalue weighted by Gasteiger charge is -2.04. The van der Waals surface area contributed by atoms with Gasteiger partial charge in [-0.15, -0.1) is 0 Å². The van der Waals surface area contributed by atoms with E-state index >= 15 is 0 Å². The van der Waals surface area contributed by atoms with Gasteiger partial charge in [-0.2, -0.15) is 5.26 Å². The number of hydrogen-bond acceptors (Lipinski definition) is 3. The first-order valence-corrected chi connectivity index (χ1v) is 5.02. The molecule has 0 fully saturated rings. The second-order valence-corrected chi connectivity index (χ2v) is 3.26. The summed E-state index contributed by atoms with van der Waals surface area (Å²) < 4.78 is 3.02. The van der Waals surface area contributed by atoms with Crippen molar-refractivity contribution in [3.05, 3.63) is 29.8 Å². The van der Waals surface area contributed by atoms with Crippen LogP contribution in [-0.4, -0.2) is 13.1 Å². The number of halogens is 1. The quantitative estimate of drug-likeness (QED) is 0.505. The number of benzene rings is 1. The van der Waals surface area contributed by atoms with Crippen molar-refractivity contribution in [1.29, 1.82) is 5.26 Å². The molecule has 0 aliphatic rings. The minimum Gasteiger partial charge on any atom is -0.384 e. The van der Waals surface area contributed by atoms with E-state index < -0.39 is 0 Å². The van der Waals surface area contributed by atoms with Crippen molar-refractivity contribution < 1.29 is 0 Å². The van der Waals surface area contributed by atoms with Gasteiger partial charge in [-0.3, -0.25) is 3.53 Å². The van der Waals surface area contributed by atoms with Crippen LogP contribution in [0.4, 0.5) is 5.69 Å². The number of anilines is 1. The van der Waals surface area contributed by atoms with Gasteiger partial charge in [-0.05, 0) is 24.3 Å². The topological polar surface area (TPSA) is 47.9 Å². The normalized spacial score (nSPS) is 9.23. The van der Waals surface area contributed by atoms with Crippen LogP contribution in [0.25, 0.3) is 0 Å². The lowest BCUT2D eigenvalue weighted by atomic mass is 10.2. The van der Waals surface area contributed by atoms with Crippen molar-refractivity contribution in [2.24, 2.45) is 0 Å². The Kier molecular flexibility index (Phi) is 4.57. The van der Waals surface area contributed by atoms with Crippen molar-refractivity contribution in [1.82, 2.24) is 3.53 Å². The molecule has 1 aromatic carbocycles.